The Bertz CT molecular complexity index is 1510. The van der Waals surface area contributed by atoms with Crippen molar-refractivity contribution in [3.05, 3.63) is 72.2 Å². The number of furan rings is 1. The van der Waals surface area contributed by atoms with Gasteiger partial charge in [0.15, 0.2) is 0 Å². The minimum atomic E-state index is -1.10. The minimum Gasteiger partial charge on any atom is -0.475 e. The number of aromatic amines is 1. The van der Waals surface area contributed by atoms with E-state index in [0.717, 1.165) is 66.9 Å². The van der Waals surface area contributed by atoms with Crippen LogP contribution in [-0.2, 0) is 9.59 Å². The number of aromatic nitrogens is 2. The number of imidazole rings is 1. The Labute approximate surface area is 250 Å². The van der Waals surface area contributed by atoms with Crippen LogP contribution in [0.25, 0.3) is 22.4 Å². The van der Waals surface area contributed by atoms with Crippen LogP contribution in [0.15, 0.2) is 65.1 Å². The van der Waals surface area contributed by atoms with Gasteiger partial charge in [0.2, 0.25) is 17.6 Å². The number of carbonyl (C=O) groups excluding carboxylic acids is 2. The molecular weight excluding hydrogens is 546 g/mol. The molecule has 2 aromatic heterocycles. The van der Waals surface area contributed by atoms with Crippen LogP contribution in [0, 0.1) is 5.92 Å². The van der Waals surface area contributed by atoms with Gasteiger partial charge in [-0.05, 0) is 94.2 Å². The number of benzene rings is 2. The number of anilines is 1. The van der Waals surface area contributed by atoms with E-state index in [1.54, 1.807) is 6.07 Å². The van der Waals surface area contributed by atoms with Crippen molar-refractivity contribution in [2.45, 2.75) is 57.9 Å². The summed E-state index contributed by atoms with van der Waals surface area (Å²) in [7, 11) is 0. The van der Waals surface area contributed by atoms with E-state index in [2.05, 4.69) is 9.88 Å². The lowest BCUT2D eigenvalue weighted by Gasteiger charge is -2.33. The molecule has 0 radical (unpaired) electrons. The number of nitrogens with one attached hydrogen (secondary N) is 1. The van der Waals surface area contributed by atoms with Gasteiger partial charge in [0.25, 0.3) is 0 Å². The molecule has 0 spiro atoms. The highest BCUT2D eigenvalue weighted by molar-refractivity contribution is 5.96. The SMILES string of the molecule is CC(c1nc2ccccc2[nH]1)N(C(=O)C1CCCCC1)c1ccc(-c2ccc(C(=O)O)o2)cc1.NC(=O)CN1CCCC1. The molecule has 2 aromatic carbocycles. The predicted octanol–water partition coefficient (Wildman–Crippen LogP) is 5.76. The maximum atomic E-state index is 13.8. The summed E-state index contributed by atoms with van der Waals surface area (Å²) in [5.74, 6) is -0.0867. The van der Waals surface area contributed by atoms with Crippen molar-refractivity contribution in [1.82, 2.24) is 14.9 Å². The van der Waals surface area contributed by atoms with E-state index in [-0.39, 0.29) is 29.5 Å². The first kappa shape index (κ1) is 30.0. The summed E-state index contributed by atoms with van der Waals surface area (Å²) in [6, 6.07) is 18.1. The molecule has 1 saturated heterocycles. The van der Waals surface area contributed by atoms with Gasteiger partial charge in [-0.3, -0.25) is 14.5 Å². The Morgan fingerprint density at radius 1 is 1.00 bits per heavy atom. The van der Waals surface area contributed by atoms with E-state index in [9.17, 15) is 14.4 Å². The van der Waals surface area contributed by atoms with E-state index >= 15 is 0 Å². The number of nitrogens with zero attached hydrogens (tertiary/aromatic N) is 3. The smallest absolute Gasteiger partial charge is 0.371 e. The van der Waals surface area contributed by atoms with Gasteiger partial charge in [0.1, 0.15) is 11.6 Å². The van der Waals surface area contributed by atoms with Crippen LogP contribution in [0.1, 0.15) is 74.3 Å². The number of rotatable bonds is 8. The number of likely N-dealkylation sites (tertiary alicyclic amines) is 1. The number of primary amides is 1. The second-order valence-electron chi connectivity index (χ2n) is 11.3. The highest BCUT2D eigenvalue weighted by atomic mass is 16.4. The summed E-state index contributed by atoms with van der Waals surface area (Å²) in [5.41, 5.74) is 8.33. The first-order chi connectivity index (χ1) is 20.8. The summed E-state index contributed by atoms with van der Waals surface area (Å²) in [6.07, 6.45) is 7.58. The third-order valence-corrected chi connectivity index (χ3v) is 8.21. The van der Waals surface area contributed by atoms with Crippen molar-refractivity contribution >= 4 is 34.5 Å². The predicted molar refractivity (Wildman–Crippen MR) is 165 cm³/mol. The topological polar surface area (TPSA) is 146 Å². The summed E-state index contributed by atoms with van der Waals surface area (Å²) in [5, 5.41) is 9.12. The summed E-state index contributed by atoms with van der Waals surface area (Å²) in [6.45, 7) is 4.53. The lowest BCUT2D eigenvalue weighted by Crippen LogP contribution is -2.39. The molecule has 2 aliphatic rings. The van der Waals surface area contributed by atoms with Gasteiger partial charge in [-0.15, -0.1) is 0 Å². The van der Waals surface area contributed by atoms with Crippen LogP contribution >= 0.6 is 0 Å². The first-order valence-electron chi connectivity index (χ1n) is 15.0. The number of carboxylic acid groups (broad SMARTS) is 1. The molecule has 1 saturated carbocycles. The zero-order valence-corrected chi connectivity index (χ0v) is 24.5. The molecule has 2 amide bonds. The van der Waals surface area contributed by atoms with Crippen molar-refractivity contribution in [3.8, 4) is 11.3 Å². The quantitative estimate of drug-likeness (QED) is 0.238. The Morgan fingerprint density at radius 3 is 2.33 bits per heavy atom. The number of nitrogens with two attached hydrogens (primary N) is 1. The van der Waals surface area contributed by atoms with Crippen LogP contribution in [0.5, 0.6) is 0 Å². The molecule has 0 bridgehead atoms. The molecule has 10 nitrogen and oxygen atoms in total. The average Bonchev–Trinajstić information content (AvgIpc) is 3.79. The van der Waals surface area contributed by atoms with Crippen molar-refractivity contribution in [2.24, 2.45) is 11.7 Å². The van der Waals surface area contributed by atoms with Crippen LogP contribution in [0.4, 0.5) is 5.69 Å². The van der Waals surface area contributed by atoms with E-state index in [4.69, 9.17) is 20.2 Å². The van der Waals surface area contributed by atoms with Crippen molar-refractivity contribution in [1.29, 1.82) is 0 Å². The summed E-state index contributed by atoms with van der Waals surface area (Å²) < 4.78 is 5.43. The number of carboxylic acids is 1. The molecule has 2 fully saturated rings. The van der Waals surface area contributed by atoms with Gasteiger partial charge < -0.3 is 25.1 Å². The standard InChI is InChI=1S/C27H27N3O4.C6H12N2O/c1-17(25-28-21-9-5-6-10-22(21)29-25)30(26(31)19-7-3-2-4-8-19)20-13-11-18(12-14-20)23-15-16-24(34-23)27(32)33;7-6(9)5-8-3-1-2-4-8/h5-6,9-17,19H,2-4,7-8H2,1H3,(H,28,29)(H,32,33);1-5H2,(H2,7,9). The van der Waals surface area contributed by atoms with E-state index in [1.807, 2.05) is 60.4 Å². The number of carbonyl (C=O) groups is 3. The monoisotopic (exact) mass is 585 g/mol. The average molecular weight is 586 g/mol. The Morgan fingerprint density at radius 2 is 1.70 bits per heavy atom. The zero-order valence-electron chi connectivity index (χ0n) is 24.5. The number of H-pyrrole nitrogens is 1. The third-order valence-electron chi connectivity index (χ3n) is 8.21. The normalized spacial score (nSPS) is 16.4. The molecule has 4 aromatic rings. The summed E-state index contributed by atoms with van der Waals surface area (Å²) >= 11 is 0. The van der Waals surface area contributed by atoms with Crippen molar-refractivity contribution in [2.75, 3.05) is 24.5 Å². The number of aromatic carboxylic acids is 1. The van der Waals surface area contributed by atoms with E-state index in [1.165, 1.54) is 25.3 Å². The molecule has 6 rings (SSSR count). The fraction of sp³-hybridized carbons (Fsp3) is 0.394. The van der Waals surface area contributed by atoms with E-state index < -0.39 is 5.97 Å². The lowest BCUT2D eigenvalue weighted by atomic mass is 9.87. The number of para-hydroxylation sites is 2. The highest BCUT2D eigenvalue weighted by Gasteiger charge is 2.32. The van der Waals surface area contributed by atoms with Gasteiger partial charge in [-0.1, -0.05) is 31.4 Å². The highest BCUT2D eigenvalue weighted by Crippen LogP contribution is 2.34. The molecule has 1 atom stereocenters. The maximum absolute atomic E-state index is 13.8. The Kier molecular flexibility index (Phi) is 9.56. The second-order valence-corrected chi connectivity index (χ2v) is 11.3. The van der Waals surface area contributed by atoms with E-state index in [0.29, 0.717) is 12.3 Å². The second kappa shape index (κ2) is 13.7. The summed E-state index contributed by atoms with van der Waals surface area (Å²) in [4.78, 5) is 47.3. The molecule has 3 heterocycles. The fourth-order valence-corrected chi connectivity index (χ4v) is 5.94. The molecular formula is C33H39N5O5. The molecule has 1 unspecified atom stereocenters. The molecule has 10 heteroatoms. The van der Waals surface area contributed by atoms with Crippen LogP contribution in [0.3, 0.4) is 0 Å². The molecule has 43 heavy (non-hydrogen) atoms. The minimum absolute atomic E-state index is 0.00320. The van der Waals surface area contributed by atoms with Gasteiger partial charge >= 0.3 is 5.97 Å². The number of amides is 2. The Hall–Kier alpha value is -4.44. The fourth-order valence-electron chi connectivity index (χ4n) is 5.94. The van der Waals surface area contributed by atoms with Crippen molar-refractivity contribution < 1.29 is 23.9 Å². The first-order valence-corrected chi connectivity index (χ1v) is 15.0. The number of fused-ring (bicyclic) bond motifs is 1. The number of hydrogen-bond donors (Lipinski definition) is 3. The zero-order chi connectivity index (χ0) is 30.3. The van der Waals surface area contributed by atoms with Crippen molar-refractivity contribution in [3.63, 3.8) is 0 Å². The van der Waals surface area contributed by atoms with Crippen LogP contribution in [-0.4, -0.2) is 57.4 Å². The van der Waals surface area contributed by atoms with Crippen LogP contribution in [0.2, 0.25) is 0 Å². The Balaban J connectivity index is 0.000000351. The third kappa shape index (κ3) is 7.32. The molecule has 226 valence electrons. The van der Waals surface area contributed by atoms with Gasteiger partial charge in [0.05, 0.1) is 23.6 Å². The van der Waals surface area contributed by atoms with Gasteiger partial charge in [-0.2, -0.15) is 0 Å². The molecule has 1 aliphatic heterocycles. The van der Waals surface area contributed by atoms with Gasteiger partial charge in [-0.25, -0.2) is 9.78 Å². The number of hydrogen-bond acceptors (Lipinski definition) is 6. The molecule has 1 aliphatic carbocycles. The van der Waals surface area contributed by atoms with Gasteiger partial charge in [0, 0.05) is 17.2 Å². The molecule has 4 N–H and O–H groups in total. The lowest BCUT2D eigenvalue weighted by molar-refractivity contribution is -0.123. The maximum Gasteiger partial charge on any atom is 0.371 e. The largest absolute Gasteiger partial charge is 0.475 e. The van der Waals surface area contributed by atoms with Crippen LogP contribution < -0.4 is 10.6 Å².